The first-order valence-corrected chi connectivity index (χ1v) is 11.9. The summed E-state index contributed by atoms with van der Waals surface area (Å²) in [6, 6.07) is 37.3. The first-order chi connectivity index (χ1) is 16.8. The molecular weight excluding hydrogens is 486 g/mol. The van der Waals surface area contributed by atoms with E-state index in [0.717, 1.165) is 66.1 Å². The smallest absolute Gasteiger partial charge is 0.152 e. The van der Waals surface area contributed by atoms with Gasteiger partial charge in [-0.25, -0.2) is 0 Å². The van der Waals surface area contributed by atoms with Crippen LogP contribution >= 0.6 is 15.9 Å². The lowest BCUT2D eigenvalue weighted by atomic mass is 10.0. The van der Waals surface area contributed by atoms with Gasteiger partial charge in [0.2, 0.25) is 0 Å². The molecule has 162 valence electrons. The van der Waals surface area contributed by atoms with Gasteiger partial charge in [0.15, 0.2) is 11.5 Å². The molecule has 0 saturated carbocycles. The Labute approximate surface area is 204 Å². The van der Waals surface area contributed by atoms with Gasteiger partial charge in [-0.15, -0.1) is 0 Å². The summed E-state index contributed by atoms with van der Waals surface area (Å²) < 4.78 is 13.7. The molecule has 1 aliphatic rings. The van der Waals surface area contributed by atoms with Gasteiger partial charge in [-0.3, -0.25) is 0 Å². The van der Waals surface area contributed by atoms with Crippen LogP contribution in [0.3, 0.4) is 0 Å². The second-order valence-corrected chi connectivity index (χ2v) is 9.18. The highest BCUT2D eigenvalue weighted by molar-refractivity contribution is 9.10. The molecule has 5 aromatic carbocycles. The number of fused-ring (bicyclic) bond motifs is 5. The van der Waals surface area contributed by atoms with Gasteiger partial charge in [0.25, 0.3) is 0 Å². The van der Waals surface area contributed by atoms with Crippen molar-refractivity contribution in [1.82, 2.24) is 0 Å². The van der Waals surface area contributed by atoms with Crippen LogP contribution in [-0.2, 0) is 0 Å². The number of halogens is 1. The third-order valence-electron chi connectivity index (χ3n) is 6.33. The zero-order chi connectivity index (χ0) is 22.6. The van der Waals surface area contributed by atoms with E-state index < -0.39 is 0 Å². The highest BCUT2D eigenvalue weighted by atomic mass is 79.9. The van der Waals surface area contributed by atoms with E-state index >= 15 is 0 Å². The maximum Gasteiger partial charge on any atom is 0.152 e. The Hall–Kier alpha value is -4.02. The van der Waals surface area contributed by atoms with Crippen molar-refractivity contribution in [3.05, 3.63) is 114 Å². The Kier molecular flexibility index (Phi) is 4.29. The van der Waals surface area contributed by atoms with Crippen LogP contribution in [-0.4, -0.2) is 0 Å². The van der Waals surface area contributed by atoms with Crippen LogP contribution in [0.4, 0.5) is 17.1 Å². The monoisotopic (exact) mass is 503 g/mol. The summed E-state index contributed by atoms with van der Waals surface area (Å²) >= 11 is 3.63. The van der Waals surface area contributed by atoms with Gasteiger partial charge in [0.1, 0.15) is 11.2 Å². The third kappa shape index (κ3) is 2.89. The minimum Gasteiger partial charge on any atom is -0.454 e. The maximum atomic E-state index is 6.40. The molecular formula is C30H18BrNO2. The zero-order valence-corrected chi connectivity index (χ0v) is 19.6. The largest absolute Gasteiger partial charge is 0.454 e. The number of benzene rings is 5. The van der Waals surface area contributed by atoms with Crippen molar-refractivity contribution in [2.24, 2.45) is 0 Å². The van der Waals surface area contributed by atoms with Crippen LogP contribution in [0.25, 0.3) is 33.1 Å². The predicted octanol–water partition coefficient (Wildman–Crippen LogP) is 9.59. The Morgan fingerprint density at radius 1 is 0.588 bits per heavy atom. The number of ether oxygens (including phenoxy) is 1. The minimum absolute atomic E-state index is 0.814. The van der Waals surface area contributed by atoms with Crippen molar-refractivity contribution in [1.29, 1.82) is 0 Å². The van der Waals surface area contributed by atoms with Crippen molar-refractivity contribution in [2.75, 3.05) is 4.90 Å². The van der Waals surface area contributed by atoms with E-state index in [1.54, 1.807) is 0 Å². The van der Waals surface area contributed by atoms with Crippen LogP contribution in [0.5, 0.6) is 11.5 Å². The number of anilines is 3. The number of para-hydroxylation sites is 5. The molecule has 1 aliphatic heterocycles. The molecule has 0 spiro atoms. The molecule has 0 atom stereocenters. The van der Waals surface area contributed by atoms with Crippen LogP contribution < -0.4 is 9.64 Å². The molecule has 0 saturated heterocycles. The SMILES string of the molecule is Brc1cccc2c1oc1c(-c3ccc4c(c3)Oc3ccccc3N4c3ccccc3)cccc12. The van der Waals surface area contributed by atoms with Crippen LogP contribution in [0.2, 0.25) is 0 Å². The van der Waals surface area contributed by atoms with E-state index in [0.29, 0.717) is 0 Å². The fraction of sp³-hybridized carbons (Fsp3) is 0. The van der Waals surface area contributed by atoms with E-state index in [4.69, 9.17) is 9.15 Å². The standard InChI is InChI=1S/C30H18BrNO2/c31-24-13-7-12-23-22-11-6-10-21(29(22)34-30(23)24)19-16-17-26-28(18-19)33-27-15-5-4-14-25(27)32(26)20-8-2-1-3-9-20/h1-18H. The number of hydrogen-bond acceptors (Lipinski definition) is 3. The Balaban J connectivity index is 1.43. The van der Waals surface area contributed by atoms with Gasteiger partial charge in [0, 0.05) is 22.0 Å². The Bertz CT molecular complexity index is 1700. The summed E-state index contributed by atoms with van der Waals surface area (Å²) in [5.41, 5.74) is 6.95. The van der Waals surface area contributed by atoms with Gasteiger partial charge in [-0.1, -0.05) is 66.7 Å². The number of hydrogen-bond donors (Lipinski definition) is 0. The van der Waals surface area contributed by atoms with E-state index in [-0.39, 0.29) is 0 Å². The summed E-state index contributed by atoms with van der Waals surface area (Å²) in [6.45, 7) is 0. The topological polar surface area (TPSA) is 25.6 Å². The summed E-state index contributed by atoms with van der Waals surface area (Å²) in [5.74, 6) is 1.65. The fourth-order valence-electron chi connectivity index (χ4n) is 4.79. The third-order valence-corrected chi connectivity index (χ3v) is 6.95. The minimum atomic E-state index is 0.814. The molecule has 1 aromatic heterocycles. The van der Waals surface area contributed by atoms with Crippen molar-refractivity contribution >= 4 is 54.9 Å². The molecule has 0 N–H and O–H groups in total. The Morgan fingerprint density at radius 2 is 1.32 bits per heavy atom. The first-order valence-electron chi connectivity index (χ1n) is 11.1. The summed E-state index contributed by atoms with van der Waals surface area (Å²) in [4.78, 5) is 2.25. The van der Waals surface area contributed by atoms with E-state index in [1.165, 1.54) is 0 Å². The molecule has 0 aliphatic carbocycles. The molecule has 3 nitrogen and oxygen atoms in total. The molecule has 6 aromatic rings. The molecule has 0 fully saturated rings. The molecule has 34 heavy (non-hydrogen) atoms. The van der Waals surface area contributed by atoms with Crippen molar-refractivity contribution in [3.63, 3.8) is 0 Å². The average molecular weight is 504 g/mol. The molecule has 4 heteroatoms. The van der Waals surface area contributed by atoms with Crippen molar-refractivity contribution in [2.45, 2.75) is 0 Å². The first kappa shape index (κ1) is 19.4. The molecule has 0 radical (unpaired) electrons. The number of rotatable bonds is 2. The quantitative estimate of drug-likeness (QED) is 0.234. The fourth-order valence-corrected chi connectivity index (χ4v) is 5.24. The van der Waals surface area contributed by atoms with Gasteiger partial charge in [-0.05, 0) is 64.0 Å². The van der Waals surface area contributed by atoms with Gasteiger partial charge in [-0.2, -0.15) is 0 Å². The lowest BCUT2D eigenvalue weighted by molar-refractivity contribution is 0.477. The normalized spacial score (nSPS) is 12.4. The van der Waals surface area contributed by atoms with Crippen molar-refractivity contribution in [3.8, 4) is 22.6 Å². The summed E-state index contributed by atoms with van der Waals surface area (Å²) in [6.07, 6.45) is 0. The average Bonchev–Trinajstić information content (AvgIpc) is 3.28. The second-order valence-electron chi connectivity index (χ2n) is 8.32. The Morgan fingerprint density at radius 3 is 2.21 bits per heavy atom. The summed E-state index contributed by atoms with van der Waals surface area (Å²) in [5, 5.41) is 2.20. The van der Waals surface area contributed by atoms with E-state index in [2.05, 4.69) is 93.6 Å². The molecule has 2 heterocycles. The molecule has 0 unspecified atom stereocenters. The van der Waals surface area contributed by atoms with Crippen LogP contribution in [0.15, 0.2) is 118 Å². The summed E-state index contributed by atoms with van der Waals surface area (Å²) in [7, 11) is 0. The highest BCUT2D eigenvalue weighted by Gasteiger charge is 2.26. The van der Waals surface area contributed by atoms with Crippen LogP contribution in [0, 0.1) is 0 Å². The number of nitrogens with zero attached hydrogens (tertiary/aromatic N) is 1. The van der Waals surface area contributed by atoms with Crippen molar-refractivity contribution < 1.29 is 9.15 Å². The molecule has 7 rings (SSSR count). The second kappa shape index (κ2) is 7.51. The lowest BCUT2D eigenvalue weighted by Crippen LogP contribution is -2.15. The molecule has 0 amide bonds. The maximum absolute atomic E-state index is 6.40. The van der Waals surface area contributed by atoms with Gasteiger partial charge < -0.3 is 14.1 Å². The van der Waals surface area contributed by atoms with E-state index in [1.807, 2.05) is 36.4 Å². The van der Waals surface area contributed by atoms with Gasteiger partial charge in [0.05, 0.1) is 15.8 Å². The number of furan rings is 1. The lowest BCUT2D eigenvalue weighted by Gasteiger charge is -2.33. The van der Waals surface area contributed by atoms with Gasteiger partial charge >= 0.3 is 0 Å². The highest BCUT2D eigenvalue weighted by Crippen LogP contribution is 2.51. The van der Waals surface area contributed by atoms with Crippen LogP contribution in [0.1, 0.15) is 0 Å². The predicted molar refractivity (Wildman–Crippen MR) is 142 cm³/mol. The molecule has 0 bridgehead atoms. The zero-order valence-electron chi connectivity index (χ0n) is 18.0. The van der Waals surface area contributed by atoms with E-state index in [9.17, 15) is 0 Å².